The van der Waals surface area contributed by atoms with Crippen LogP contribution in [0.25, 0.3) is 11.1 Å². The van der Waals surface area contributed by atoms with Gasteiger partial charge < -0.3 is 45.5 Å². The summed E-state index contributed by atoms with van der Waals surface area (Å²) in [6, 6.07) is 42.7. The van der Waals surface area contributed by atoms with Gasteiger partial charge in [-0.25, -0.2) is 4.79 Å². The van der Waals surface area contributed by atoms with E-state index >= 15 is 0 Å². The smallest absolute Gasteiger partial charge is 0.407 e. The molecule has 15 heteroatoms. The monoisotopic (exact) mass is 884 g/mol. The highest BCUT2D eigenvalue weighted by molar-refractivity contribution is 7.97. The van der Waals surface area contributed by atoms with Gasteiger partial charge in [-0.3, -0.25) is 14.4 Å². The molecule has 1 aliphatic heterocycles. The lowest BCUT2D eigenvalue weighted by molar-refractivity contribution is -0.281. The van der Waals surface area contributed by atoms with E-state index in [1.807, 2.05) is 140 Å². The van der Waals surface area contributed by atoms with E-state index in [0.29, 0.717) is 0 Å². The number of Topliss-reactive ketones (excluding diaryl/α,β-unsaturated/α-hetero) is 1. The van der Waals surface area contributed by atoms with Crippen molar-refractivity contribution < 1.29 is 48.7 Å². The number of carbonyl (C=O) groups is 4. The molecule has 0 radical (unpaired) electrons. The molecule has 330 valence electrons. The van der Waals surface area contributed by atoms with Crippen LogP contribution in [-0.2, 0) is 28.6 Å². The van der Waals surface area contributed by atoms with Gasteiger partial charge in [-0.2, -0.15) is 5.26 Å². The summed E-state index contributed by atoms with van der Waals surface area (Å²) in [7, 11) is 0. The van der Waals surface area contributed by atoms with Crippen molar-refractivity contribution in [2.24, 2.45) is 0 Å². The molecular formula is C49H49N4O10P. The molecule has 0 bridgehead atoms. The Hall–Kier alpha value is -6.43. The number of rotatable bonds is 15. The number of ketones is 1. The van der Waals surface area contributed by atoms with Crippen molar-refractivity contribution in [3.8, 4) is 17.2 Å². The summed E-state index contributed by atoms with van der Waals surface area (Å²) in [6.07, 6.45) is -8.47. The number of nitriles is 1. The number of alkyl carbamates (subject to hydrolysis) is 1. The molecule has 0 spiro atoms. The maximum atomic E-state index is 14.6. The molecule has 0 aromatic heterocycles. The van der Waals surface area contributed by atoms with E-state index in [4.69, 9.17) is 14.2 Å². The number of hydrogen-bond donors (Lipinski definition) is 6. The fourth-order valence-electron chi connectivity index (χ4n) is 8.51. The first-order valence-electron chi connectivity index (χ1n) is 20.8. The third-order valence-electron chi connectivity index (χ3n) is 11.5. The molecule has 0 saturated carbocycles. The molecule has 6 N–H and O–H groups in total. The third-order valence-corrected chi connectivity index (χ3v) is 15.8. The van der Waals surface area contributed by atoms with Gasteiger partial charge in [0, 0.05) is 12.8 Å². The van der Waals surface area contributed by atoms with E-state index < -0.39 is 86.5 Å². The van der Waals surface area contributed by atoms with Crippen LogP contribution in [0.3, 0.4) is 0 Å². The molecule has 1 heterocycles. The van der Waals surface area contributed by atoms with Crippen LogP contribution >= 0.6 is 6.89 Å². The van der Waals surface area contributed by atoms with Gasteiger partial charge in [0.25, 0.3) is 0 Å². The Morgan fingerprint density at radius 1 is 0.766 bits per heavy atom. The molecule has 0 unspecified atom stereocenters. The molecule has 1 aliphatic carbocycles. The maximum absolute atomic E-state index is 14.6. The van der Waals surface area contributed by atoms with E-state index in [0.717, 1.165) is 38.2 Å². The summed E-state index contributed by atoms with van der Waals surface area (Å²) >= 11 is 0. The second kappa shape index (κ2) is 20.4. The van der Waals surface area contributed by atoms with Crippen molar-refractivity contribution in [1.82, 2.24) is 16.0 Å². The van der Waals surface area contributed by atoms with E-state index in [2.05, 4.69) is 22.0 Å². The fourth-order valence-corrected chi connectivity index (χ4v) is 12.6. The van der Waals surface area contributed by atoms with Gasteiger partial charge in [0.1, 0.15) is 48.4 Å². The summed E-state index contributed by atoms with van der Waals surface area (Å²) in [6.45, 7) is -2.02. The van der Waals surface area contributed by atoms with Crippen molar-refractivity contribution >= 4 is 51.8 Å². The maximum Gasteiger partial charge on any atom is 0.407 e. The second-order valence-electron chi connectivity index (χ2n) is 15.5. The molecule has 5 aromatic carbocycles. The first-order chi connectivity index (χ1) is 31.0. The molecule has 2 aliphatic rings. The Kier molecular flexibility index (Phi) is 14.5. The van der Waals surface area contributed by atoms with Crippen LogP contribution in [-0.4, -0.2) is 107 Å². The number of fused-ring (bicyclic) bond motifs is 3. The summed E-state index contributed by atoms with van der Waals surface area (Å²) in [5.41, 5.74) is 3.95. The first kappa shape index (κ1) is 45.6. The molecule has 64 heavy (non-hydrogen) atoms. The number of benzene rings is 5. The van der Waals surface area contributed by atoms with Crippen LogP contribution < -0.4 is 31.9 Å². The standard InChI is InChI=1S/C49H49N4O10P/c1-30(62-48-44(52-31(2)55)46(58)45(57)41(28-54)63-48)43(53-49(60)61-29-39-37-24-14-12-22-35(37)36-23-13-15-25-38(36)39)47(59)51-27-40(56)42(26-50)64(32-16-6-3-7-17-32,33-18-8-4-9-19-33)34-20-10-5-11-21-34/h3-25,30,39,41,43-46,48,54,57-58H,27-29H2,1-2H3,(H,51,59)(H,52,55)(H,53,60)/t30-,41+,43-,44+,45-,46+,48-/m0/s1. The average Bonchev–Trinajstić information content (AvgIpc) is 3.64. The van der Waals surface area contributed by atoms with Gasteiger partial charge >= 0.3 is 6.09 Å². The van der Waals surface area contributed by atoms with Crippen molar-refractivity contribution in [2.75, 3.05) is 19.8 Å². The quantitative estimate of drug-likeness (QED) is 0.0841. The SMILES string of the molecule is CC(=O)N[C@H]1[C@@H](O[C@@H](C)[C@H](NC(=O)OCC2c3ccccc3-c3ccccc32)C(=O)NCC(=O)C(C#N)=P(c2ccccc2)(c2ccccc2)c2ccccc2)O[C@H](CO)[C@H](O)[C@@H]1O. The molecule has 7 rings (SSSR count). The number of aliphatic hydroxyl groups is 3. The lowest BCUT2D eigenvalue weighted by Crippen LogP contribution is -2.66. The molecule has 14 nitrogen and oxygen atoms in total. The zero-order valence-electron chi connectivity index (χ0n) is 35.1. The second-order valence-corrected chi connectivity index (χ2v) is 18.8. The largest absolute Gasteiger partial charge is 0.449 e. The number of carbonyl (C=O) groups excluding carboxylic acids is 4. The molecule has 5 aromatic rings. The topological polar surface area (TPSA) is 217 Å². The van der Waals surface area contributed by atoms with Crippen LogP contribution in [0, 0.1) is 11.3 Å². The Morgan fingerprint density at radius 3 is 1.75 bits per heavy atom. The van der Waals surface area contributed by atoms with Crippen LogP contribution in [0.1, 0.15) is 30.9 Å². The third kappa shape index (κ3) is 9.28. The van der Waals surface area contributed by atoms with E-state index in [9.17, 15) is 39.8 Å². The number of amides is 3. The van der Waals surface area contributed by atoms with Crippen molar-refractivity contribution in [2.45, 2.75) is 62.6 Å². The average molecular weight is 885 g/mol. The highest BCUT2D eigenvalue weighted by atomic mass is 31.2. The van der Waals surface area contributed by atoms with Gasteiger partial charge in [0.15, 0.2) is 12.1 Å². The lowest BCUT2D eigenvalue weighted by atomic mass is 9.96. The van der Waals surface area contributed by atoms with Gasteiger partial charge in [0.2, 0.25) is 11.8 Å². The molecule has 7 atom stereocenters. The molecule has 1 fully saturated rings. The zero-order valence-corrected chi connectivity index (χ0v) is 36.0. The predicted molar refractivity (Wildman–Crippen MR) is 242 cm³/mol. The van der Waals surface area contributed by atoms with Crippen molar-refractivity contribution in [3.05, 3.63) is 151 Å². The number of ether oxygens (including phenoxy) is 3. The number of aliphatic hydroxyl groups excluding tert-OH is 3. The Labute approximate surface area is 370 Å². The Balaban J connectivity index is 1.19. The fraction of sp³-hybridized carbons (Fsp3) is 0.265. The first-order valence-corrected chi connectivity index (χ1v) is 22.6. The van der Waals surface area contributed by atoms with Gasteiger partial charge in [-0.1, -0.05) is 140 Å². The summed E-state index contributed by atoms with van der Waals surface area (Å²) in [4.78, 5) is 54.9. The minimum Gasteiger partial charge on any atom is -0.449 e. The van der Waals surface area contributed by atoms with Crippen LogP contribution in [0.2, 0.25) is 0 Å². The number of nitrogens with one attached hydrogen (secondary N) is 3. The normalized spacial score (nSPS) is 20.0. The predicted octanol–water partition coefficient (Wildman–Crippen LogP) is 2.62. The van der Waals surface area contributed by atoms with Crippen LogP contribution in [0.5, 0.6) is 0 Å². The van der Waals surface area contributed by atoms with E-state index in [1.54, 1.807) is 0 Å². The summed E-state index contributed by atoms with van der Waals surface area (Å²) < 4.78 is 17.7. The van der Waals surface area contributed by atoms with E-state index in [-0.39, 0.29) is 17.8 Å². The van der Waals surface area contributed by atoms with Gasteiger partial charge in [0.05, 0.1) is 19.3 Å². The van der Waals surface area contributed by atoms with Gasteiger partial charge in [-0.15, -0.1) is 0 Å². The van der Waals surface area contributed by atoms with Crippen LogP contribution in [0.4, 0.5) is 4.79 Å². The number of hydrogen-bond acceptors (Lipinski definition) is 11. The molecule has 3 amide bonds. The van der Waals surface area contributed by atoms with Crippen molar-refractivity contribution in [3.63, 3.8) is 0 Å². The van der Waals surface area contributed by atoms with Crippen LogP contribution in [0.15, 0.2) is 140 Å². The Morgan fingerprint density at radius 2 is 1.27 bits per heavy atom. The van der Waals surface area contributed by atoms with E-state index in [1.165, 1.54) is 13.8 Å². The van der Waals surface area contributed by atoms with Gasteiger partial charge in [-0.05, 0) is 52.0 Å². The Bertz CT molecular complexity index is 2420. The van der Waals surface area contributed by atoms with Crippen molar-refractivity contribution in [1.29, 1.82) is 5.26 Å². The lowest BCUT2D eigenvalue weighted by Gasteiger charge is -2.43. The summed E-state index contributed by atoms with van der Waals surface area (Å²) in [5, 5.41) is 52.2. The number of nitrogens with zero attached hydrogens (tertiary/aromatic N) is 1. The minimum atomic E-state index is -3.15. The molecule has 1 saturated heterocycles. The highest BCUT2D eigenvalue weighted by Gasteiger charge is 2.47. The highest BCUT2D eigenvalue weighted by Crippen LogP contribution is 2.47. The zero-order chi connectivity index (χ0) is 45.4. The minimum absolute atomic E-state index is 0.0712. The summed E-state index contributed by atoms with van der Waals surface area (Å²) in [5.74, 6) is -2.48. The molecular weight excluding hydrogens is 836 g/mol.